The fourth-order valence-electron chi connectivity index (χ4n) is 4.90. The van der Waals surface area contributed by atoms with Crippen LogP contribution in [0, 0.1) is 0 Å². The molecule has 0 amide bonds. The van der Waals surface area contributed by atoms with Crippen LogP contribution in [0.2, 0.25) is 0 Å². The quantitative estimate of drug-likeness (QED) is 0.568. The Hall–Kier alpha value is -2.28. The van der Waals surface area contributed by atoms with Crippen molar-refractivity contribution in [1.82, 2.24) is 5.32 Å². The molecule has 0 bridgehead atoms. The highest BCUT2D eigenvalue weighted by atomic mass is 16.5. The Labute approximate surface area is 198 Å². The summed E-state index contributed by atoms with van der Waals surface area (Å²) >= 11 is 0. The van der Waals surface area contributed by atoms with E-state index in [-0.39, 0.29) is 11.7 Å². The zero-order valence-electron chi connectivity index (χ0n) is 20.4. The van der Waals surface area contributed by atoms with Crippen LogP contribution in [0.1, 0.15) is 43.7 Å². The monoisotopic (exact) mass is 454 g/mol. The average molecular weight is 455 g/mol. The van der Waals surface area contributed by atoms with E-state index in [1.165, 1.54) is 11.1 Å². The van der Waals surface area contributed by atoms with Crippen LogP contribution in [0.3, 0.4) is 0 Å². The van der Waals surface area contributed by atoms with Gasteiger partial charge in [-0.05, 0) is 68.6 Å². The maximum Gasteiger partial charge on any atom is 0.143 e. The first kappa shape index (κ1) is 23.9. The van der Waals surface area contributed by atoms with Gasteiger partial charge in [-0.15, -0.1) is 0 Å². The molecule has 1 saturated heterocycles. The second kappa shape index (κ2) is 10.8. The van der Waals surface area contributed by atoms with Crippen molar-refractivity contribution < 1.29 is 18.9 Å². The number of anilines is 1. The van der Waals surface area contributed by atoms with Crippen molar-refractivity contribution in [2.24, 2.45) is 0 Å². The molecular weight excluding hydrogens is 416 g/mol. The number of ether oxygens (including phenoxy) is 4. The maximum absolute atomic E-state index is 6.49. The van der Waals surface area contributed by atoms with E-state index in [1.54, 1.807) is 14.2 Å². The molecule has 0 saturated carbocycles. The van der Waals surface area contributed by atoms with E-state index >= 15 is 0 Å². The van der Waals surface area contributed by atoms with Crippen molar-refractivity contribution in [2.75, 3.05) is 51.9 Å². The summed E-state index contributed by atoms with van der Waals surface area (Å²) in [5.41, 5.74) is 3.43. The summed E-state index contributed by atoms with van der Waals surface area (Å²) in [4.78, 5) is 2.42. The third kappa shape index (κ3) is 5.99. The molecule has 6 heteroatoms. The number of nitrogens with one attached hydrogen (secondary N) is 1. The smallest absolute Gasteiger partial charge is 0.143 e. The fraction of sp³-hybridized carbons (Fsp3) is 0.556. The predicted molar refractivity (Wildman–Crippen MR) is 132 cm³/mol. The normalized spacial score (nSPS) is 21.9. The van der Waals surface area contributed by atoms with Crippen LogP contribution in [0.4, 0.5) is 5.69 Å². The van der Waals surface area contributed by atoms with E-state index < -0.39 is 0 Å². The number of rotatable bonds is 9. The molecule has 4 rings (SSSR count). The first-order chi connectivity index (χ1) is 16.0. The Bertz CT molecular complexity index is 899. The highest BCUT2D eigenvalue weighted by Crippen LogP contribution is 2.38. The summed E-state index contributed by atoms with van der Waals surface area (Å²) in [5.74, 6) is 2.21. The number of hydrogen-bond donors (Lipinski definition) is 1. The number of methoxy groups -OCH3 is 2. The molecule has 180 valence electrons. The van der Waals surface area contributed by atoms with E-state index in [1.807, 2.05) is 12.1 Å². The van der Waals surface area contributed by atoms with Crippen LogP contribution in [0.25, 0.3) is 0 Å². The zero-order chi connectivity index (χ0) is 23.3. The molecular formula is C27H38N2O4. The summed E-state index contributed by atoms with van der Waals surface area (Å²) in [6, 6.07) is 14.9. The lowest BCUT2D eigenvalue weighted by molar-refractivity contribution is 0.0105. The van der Waals surface area contributed by atoms with Crippen LogP contribution in [-0.4, -0.2) is 58.7 Å². The standard InChI is InChI=1S/C27H38N2O4/c1-27(2)19-29(14-5-15-30-3)24-16-20(6-11-25(24)33-27)18-32-26-17-28-13-12-23(26)21-7-9-22(31-4)10-8-21/h6-11,16,23,26,28H,5,12-15,17-19H2,1-4H3/t23-,26+/m1/s1. The summed E-state index contributed by atoms with van der Waals surface area (Å²) < 4.78 is 23.3. The van der Waals surface area contributed by atoms with Gasteiger partial charge in [0.1, 0.15) is 17.1 Å². The van der Waals surface area contributed by atoms with Gasteiger partial charge in [-0.25, -0.2) is 0 Å². The van der Waals surface area contributed by atoms with E-state index in [0.717, 1.165) is 62.8 Å². The first-order valence-electron chi connectivity index (χ1n) is 12.0. The molecule has 33 heavy (non-hydrogen) atoms. The molecule has 0 unspecified atom stereocenters. The topological polar surface area (TPSA) is 52.2 Å². The first-order valence-corrected chi connectivity index (χ1v) is 12.0. The van der Waals surface area contributed by atoms with Gasteiger partial charge in [-0.3, -0.25) is 0 Å². The van der Waals surface area contributed by atoms with Crippen LogP contribution in [0.5, 0.6) is 11.5 Å². The summed E-state index contributed by atoms with van der Waals surface area (Å²) in [5, 5.41) is 3.50. The van der Waals surface area contributed by atoms with Gasteiger partial charge in [0, 0.05) is 32.7 Å². The van der Waals surface area contributed by atoms with Gasteiger partial charge >= 0.3 is 0 Å². The van der Waals surface area contributed by atoms with Crippen LogP contribution >= 0.6 is 0 Å². The van der Waals surface area contributed by atoms with Gasteiger partial charge in [0.25, 0.3) is 0 Å². The second-order valence-electron chi connectivity index (χ2n) is 9.65. The van der Waals surface area contributed by atoms with Crippen molar-refractivity contribution in [3.63, 3.8) is 0 Å². The minimum absolute atomic E-state index is 0.135. The van der Waals surface area contributed by atoms with Gasteiger partial charge in [0.2, 0.25) is 0 Å². The fourth-order valence-corrected chi connectivity index (χ4v) is 4.90. The molecule has 2 aliphatic rings. The lowest BCUT2D eigenvalue weighted by atomic mass is 9.87. The molecule has 0 radical (unpaired) electrons. The minimum Gasteiger partial charge on any atom is -0.497 e. The van der Waals surface area contributed by atoms with Crippen molar-refractivity contribution in [3.05, 3.63) is 53.6 Å². The van der Waals surface area contributed by atoms with Crippen LogP contribution < -0.4 is 19.7 Å². The maximum atomic E-state index is 6.49. The molecule has 0 spiro atoms. The molecule has 2 heterocycles. The van der Waals surface area contributed by atoms with Crippen LogP contribution in [0.15, 0.2) is 42.5 Å². The minimum atomic E-state index is -0.211. The Kier molecular flexibility index (Phi) is 7.78. The predicted octanol–water partition coefficient (Wildman–Crippen LogP) is 4.37. The number of fused-ring (bicyclic) bond motifs is 1. The van der Waals surface area contributed by atoms with Crippen LogP contribution in [-0.2, 0) is 16.1 Å². The number of piperidine rings is 1. The Morgan fingerprint density at radius 1 is 1.12 bits per heavy atom. The molecule has 2 aromatic carbocycles. The van der Waals surface area contributed by atoms with Gasteiger partial charge < -0.3 is 29.2 Å². The summed E-state index contributed by atoms with van der Waals surface area (Å²) in [6.45, 7) is 9.32. The summed E-state index contributed by atoms with van der Waals surface area (Å²) in [7, 11) is 3.46. The third-order valence-corrected chi connectivity index (χ3v) is 6.53. The Morgan fingerprint density at radius 2 is 1.94 bits per heavy atom. The highest BCUT2D eigenvalue weighted by Gasteiger charge is 2.32. The van der Waals surface area contributed by atoms with Gasteiger partial charge in [0.05, 0.1) is 32.1 Å². The highest BCUT2D eigenvalue weighted by molar-refractivity contribution is 5.62. The average Bonchev–Trinajstić information content (AvgIpc) is 2.82. The summed E-state index contributed by atoms with van der Waals surface area (Å²) in [6.07, 6.45) is 2.19. The molecule has 1 fully saturated rings. The zero-order valence-corrected chi connectivity index (χ0v) is 20.4. The molecule has 1 N–H and O–H groups in total. The lowest BCUT2D eigenvalue weighted by Crippen LogP contribution is -2.47. The number of nitrogens with zero attached hydrogens (tertiary/aromatic N) is 1. The lowest BCUT2D eigenvalue weighted by Gasteiger charge is -2.41. The molecule has 6 nitrogen and oxygen atoms in total. The molecule has 0 aromatic heterocycles. The van der Waals surface area contributed by atoms with E-state index in [9.17, 15) is 0 Å². The second-order valence-corrected chi connectivity index (χ2v) is 9.65. The number of benzene rings is 2. The third-order valence-electron chi connectivity index (χ3n) is 6.53. The van der Waals surface area contributed by atoms with Crippen molar-refractivity contribution >= 4 is 5.69 Å². The number of hydrogen-bond acceptors (Lipinski definition) is 6. The Morgan fingerprint density at radius 3 is 2.70 bits per heavy atom. The SMILES string of the molecule is COCCCN1CC(C)(C)Oc2ccc(CO[C@H]3CNCC[C@@H]3c3ccc(OC)cc3)cc21. The van der Waals surface area contributed by atoms with Crippen molar-refractivity contribution in [2.45, 2.75) is 50.9 Å². The van der Waals surface area contributed by atoms with E-state index in [0.29, 0.717) is 12.5 Å². The molecule has 0 aliphatic carbocycles. The van der Waals surface area contributed by atoms with Gasteiger partial charge in [-0.1, -0.05) is 18.2 Å². The molecule has 2 atom stereocenters. The van der Waals surface area contributed by atoms with E-state index in [4.69, 9.17) is 18.9 Å². The van der Waals surface area contributed by atoms with Gasteiger partial charge in [0.15, 0.2) is 0 Å². The Balaban J connectivity index is 1.45. The molecule has 2 aliphatic heterocycles. The van der Waals surface area contributed by atoms with Crippen molar-refractivity contribution in [3.8, 4) is 11.5 Å². The van der Waals surface area contributed by atoms with E-state index in [2.05, 4.69) is 54.4 Å². The van der Waals surface area contributed by atoms with Crippen molar-refractivity contribution in [1.29, 1.82) is 0 Å². The largest absolute Gasteiger partial charge is 0.497 e. The molecule has 2 aromatic rings. The van der Waals surface area contributed by atoms with Gasteiger partial charge in [-0.2, -0.15) is 0 Å².